The van der Waals surface area contributed by atoms with Crippen LogP contribution in [0.25, 0.3) is 0 Å². The molecule has 0 unspecified atom stereocenters. The predicted octanol–water partition coefficient (Wildman–Crippen LogP) is -0.0835. The fourth-order valence-electron chi connectivity index (χ4n) is 6.48. The molecule has 4 amide bonds. The third kappa shape index (κ3) is 3.84. The van der Waals surface area contributed by atoms with Gasteiger partial charge in [0.25, 0.3) is 5.91 Å². The molecule has 0 spiro atoms. The highest BCUT2D eigenvalue weighted by Crippen LogP contribution is 2.55. The lowest BCUT2D eigenvalue weighted by Crippen LogP contribution is -3.19. The molecule has 0 aromatic heterocycles. The molecule has 4 saturated carbocycles. The molecule has 150 valence electrons. The number of carbonyl (C=O) groups excluding carboxylic acids is 3. The van der Waals surface area contributed by atoms with Crippen molar-refractivity contribution in [3.05, 3.63) is 0 Å². The summed E-state index contributed by atoms with van der Waals surface area (Å²) in [5.41, 5.74) is -0.0810. The average Bonchev–Trinajstić information content (AvgIpc) is 2.59. The summed E-state index contributed by atoms with van der Waals surface area (Å²) in [7, 11) is 0. The summed E-state index contributed by atoms with van der Waals surface area (Å²) in [6.45, 7) is 6.26. The first kappa shape index (κ1) is 18.7. The number of nitrogens with one attached hydrogen (secondary N) is 3. The molecule has 5 fully saturated rings. The predicted molar refractivity (Wildman–Crippen MR) is 100.0 cm³/mol. The van der Waals surface area contributed by atoms with Crippen molar-refractivity contribution in [1.82, 2.24) is 15.5 Å². The maximum Gasteiger partial charge on any atom is 0.322 e. The van der Waals surface area contributed by atoms with Crippen molar-refractivity contribution in [1.29, 1.82) is 0 Å². The first-order chi connectivity index (χ1) is 12.8. The molecule has 0 aromatic rings. The molecule has 27 heavy (non-hydrogen) atoms. The summed E-state index contributed by atoms with van der Waals surface area (Å²) in [6, 6.07) is -0.614. The van der Waals surface area contributed by atoms with E-state index in [1.54, 1.807) is 6.92 Å². The van der Waals surface area contributed by atoms with Gasteiger partial charge in [0, 0.05) is 12.5 Å². The van der Waals surface area contributed by atoms with Crippen molar-refractivity contribution < 1.29 is 19.3 Å². The quantitative estimate of drug-likeness (QED) is 0.643. The van der Waals surface area contributed by atoms with E-state index in [0.717, 1.165) is 55.0 Å². The van der Waals surface area contributed by atoms with Gasteiger partial charge in [-0.2, -0.15) is 0 Å². The molecule has 7 nitrogen and oxygen atoms in total. The topological polar surface area (TPSA) is 83.0 Å². The molecule has 3 N–H and O–H groups in total. The molecular weight excluding hydrogens is 344 g/mol. The van der Waals surface area contributed by atoms with Crippen LogP contribution < -0.4 is 15.5 Å². The first-order valence-electron chi connectivity index (χ1n) is 10.6. The fraction of sp³-hybridized carbons (Fsp3) is 0.850. The van der Waals surface area contributed by atoms with Gasteiger partial charge in [-0.05, 0) is 63.2 Å². The van der Waals surface area contributed by atoms with E-state index in [4.69, 9.17) is 0 Å². The average molecular weight is 378 g/mol. The summed E-state index contributed by atoms with van der Waals surface area (Å²) >= 11 is 0. The van der Waals surface area contributed by atoms with Gasteiger partial charge in [0.1, 0.15) is 0 Å². The Morgan fingerprint density at radius 2 is 1.52 bits per heavy atom. The number of urea groups is 1. The molecule has 4 aliphatic carbocycles. The summed E-state index contributed by atoms with van der Waals surface area (Å²) in [6.07, 6.45) is 7.22. The van der Waals surface area contributed by atoms with Gasteiger partial charge >= 0.3 is 6.03 Å². The highest BCUT2D eigenvalue weighted by Gasteiger charge is 2.51. The van der Waals surface area contributed by atoms with E-state index >= 15 is 0 Å². The van der Waals surface area contributed by atoms with Crippen LogP contribution in [0.4, 0.5) is 4.79 Å². The Morgan fingerprint density at radius 1 is 1.00 bits per heavy atom. The number of quaternary nitrogens is 1. The Balaban J connectivity index is 1.28. The van der Waals surface area contributed by atoms with Crippen molar-refractivity contribution >= 4 is 17.8 Å². The van der Waals surface area contributed by atoms with Crippen LogP contribution in [0, 0.1) is 17.8 Å². The molecule has 0 radical (unpaired) electrons. The Morgan fingerprint density at radius 3 is 2.00 bits per heavy atom. The number of piperazine rings is 1. The van der Waals surface area contributed by atoms with E-state index in [2.05, 4.69) is 10.6 Å². The van der Waals surface area contributed by atoms with E-state index in [9.17, 15) is 14.4 Å². The molecular formula is C20H33N4O3+. The molecule has 1 aliphatic heterocycles. The Labute approximate surface area is 161 Å². The van der Waals surface area contributed by atoms with Crippen molar-refractivity contribution in [2.75, 3.05) is 26.2 Å². The van der Waals surface area contributed by atoms with Crippen LogP contribution in [0.3, 0.4) is 0 Å². The molecule has 1 heterocycles. The van der Waals surface area contributed by atoms with Crippen LogP contribution in [0.5, 0.6) is 0 Å². The van der Waals surface area contributed by atoms with E-state index < -0.39 is 0 Å². The van der Waals surface area contributed by atoms with Crippen LogP contribution >= 0.6 is 0 Å². The SMILES string of the molecule is CC(=O)N1CC[NH+]([C@@H](C)C(=O)NC(=O)NC23CC4CC(CC(C4)C2)C3)CC1. The van der Waals surface area contributed by atoms with E-state index in [1.807, 2.05) is 11.8 Å². The minimum atomic E-state index is -0.324. The van der Waals surface area contributed by atoms with Crippen LogP contribution in [0.2, 0.25) is 0 Å². The Hall–Kier alpha value is -1.63. The van der Waals surface area contributed by atoms with E-state index in [1.165, 1.54) is 19.3 Å². The van der Waals surface area contributed by atoms with Gasteiger partial charge in [-0.15, -0.1) is 0 Å². The molecule has 5 aliphatic rings. The molecule has 1 atom stereocenters. The number of nitrogens with zero attached hydrogens (tertiary/aromatic N) is 1. The molecule has 0 aromatic carbocycles. The Kier molecular flexibility index (Phi) is 4.91. The third-order valence-electron chi connectivity index (χ3n) is 7.51. The van der Waals surface area contributed by atoms with E-state index in [0.29, 0.717) is 13.1 Å². The lowest BCUT2D eigenvalue weighted by Gasteiger charge is -2.56. The molecule has 4 bridgehead atoms. The van der Waals surface area contributed by atoms with Crippen LogP contribution in [-0.4, -0.2) is 60.5 Å². The smallest absolute Gasteiger partial charge is 0.322 e. The zero-order valence-electron chi connectivity index (χ0n) is 16.6. The molecule has 5 rings (SSSR count). The monoisotopic (exact) mass is 377 g/mol. The normalized spacial score (nSPS) is 36.4. The minimum absolute atomic E-state index is 0.0810. The van der Waals surface area contributed by atoms with Crippen molar-refractivity contribution in [3.63, 3.8) is 0 Å². The number of hydrogen-bond donors (Lipinski definition) is 3. The molecule has 1 saturated heterocycles. The summed E-state index contributed by atoms with van der Waals surface area (Å²) in [5, 5.41) is 5.80. The minimum Gasteiger partial charge on any atom is -0.332 e. The van der Waals surface area contributed by atoms with Gasteiger partial charge in [0.2, 0.25) is 5.91 Å². The summed E-state index contributed by atoms with van der Waals surface area (Å²) in [4.78, 5) is 39.5. The largest absolute Gasteiger partial charge is 0.332 e. The highest BCUT2D eigenvalue weighted by atomic mass is 16.2. The zero-order valence-corrected chi connectivity index (χ0v) is 16.6. The van der Waals surface area contributed by atoms with Gasteiger partial charge in [0.15, 0.2) is 6.04 Å². The van der Waals surface area contributed by atoms with Crippen molar-refractivity contribution in [2.45, 2.75) is 64.0 Å². The number of amides is 4. The third-order valence-corrected chi connectivity index (χ3v) is 7.51. The van der Waals surface area contributed by atoms with Gasteiger partial charge in [-0.1, -0.05) is 0 Å². The molecule has 7 heteroatoms. The second-order valence-electron chi connectivity index (χ2n) is 9.53. The van der Waals surface area contributed by atoms with Gasteiger partial charge < -0.3 is 15.1 Å². The van der Waals surface area contributed by atoms with Crippen LogP contribution in [0.15, 0.2) is 0 Å². The Bertz CT molecular complexity index is 591. The highest BCUT2D eigenvalue weighted by molar-refractivity contribution is 5.96. The second-order valence-corrected chi connectivity index (χ2v) is 9.53. The van der Waals surface area contributed by atoms with Crippen molar-refractivity contribution in [2.24, 2.45) is 17.8 Å². The standard InChI is InChI=1S/C20H32N4O3/c1-13(23-3-5-24(6-4-23)14(2)25)18(26)21-19(27)22-20-10-15-7-16(11-20)9-17(8-15)12-20/h13,15-17H,3-12H2,1-2H3,(H2,21,22,26,27)/p+1/t13-,15?,16?,17?,20?/m0/s1. The maximum atomic E-state index is 12.6. The summed E-state index contributed by atoms with van der Waals surface area (Å²) in [5.74, 6) is 2.14. The lowest BCUT2D eigenvalue weighted by molar-refractivity contribution is -0.917. The number of rotatable bonds is 3. The van der Waals surface area contributed by atoms with Crippen LogP contribution in [0.1, 0.15) is 52.4 Å². The number of carbonyl (C=O) groups is 3. The van der Waals surface area contributed by atoms with E-state index in [-0.39, 0.29) is 29.4 Å². The lowest BCUT2D eigenvalue weighted by atomic mass is 9.53. The number of hydrogen-bond acceptors (Lipinski definition) is 3. The van der Waals surface area contributed by atoms with Gasteiger partial charge in [-0.3, -0.25) is 14.9 Å². The number of imide groups is 1. The zero-order chi connectivity index (χ0) is 19.2. The van der Waals surface area contributed by atoms with Gasteiger partial charge in [-0.25, -0.2) is 4.79 Å². The first-order valence-corrected chi connectivity index (χ1v) is 10.6. The summed E-state index contributed by atoms with van der Waals surface area (Å²) < 4.78 is 0. The van der Waals surface area contributed by atoms with Gasteiger partial charge in [0.05, 0.1) is 26.2 Å². The van der Waals surface area contributed by atoms with Crippen LogP contribution in [-0.2, 0) is 9.59 Å². The second kappa shape index (κ2) is 7.08. The maximum absolute atomic E-state index is 12.6. The fourth-order valence-corrected chi connectivity index (χ4v) is 6.48. The van der Waals surface area contributed by atoms with Crippen molar-refractivity contribution in [3.8, 4) is 0 Å².